The molecule has 1 aromatic heterocycles. The van der Waals surface area contributed by atoms with Crippen molar-refractivity contribution < 1.29 is 17.9 Å². The molecule has 0 aliphatic rings. The quantitative estimate of drug-likeness (QED) is 0.890. The lowest BCUT2D eigenvalue weighted by Gasteiger charge is -2.07. The number of ether oxygens (including phenoxy) is 2. The molecule has 1 aromatic carbocycles. The van der Waals surface area contributed by atoms with Crippen molar-refractivity contribution in [3.63, 3.8) is 0 Å². The van der Waals surface area contributed by atoms with Crippen LogP contribution in [0.4, 0.5) is 5.82 Å². The molecule has 0 unspecified atom stereocenters. The summed E-state index contributed by atoms with van der Waals surface area (Å²) in [5, 5.41) is 0. The lowest BCUT2D eigenvalue weighted by molar-refractivity contribution is 0.177. The number of hydrogen-bond donors (Lipinski definition) is 1. The third-order valence-electron chi connectivity index (χ3n) is 2.52. The highest BCUT2D eigenvalue weighted by Crippen LogP contribution is 2.22. The summed E-state index contributed by atoms with van der Waals surface area (Å²) in [5.41, 5.74) is 5.66. The van der Waals surface area contributed by atoms with Crippen molar-refractivity contribution in [1.29, 1.82) is 0 Å². The Morgan fingerprint density at radius 2 is 1.86 bits per heavy atom. The molecule has 0 fully saturated rings. The van der Waals surface area contributed by atoms with Crippen LogP contribution in [0.1, 0.15) is 5.82 Å². The van der Waals surface area contributed by atoms with Crippen LogP contribution >= 0.6 is 0 Å². The Hall–Kier alpha value is -2.19. The Kier molecular flexibility index (Phi) is 4.39. The highest BCUT2D eigenvalue weighted by Gasteiger charge is 2.08. The van der Waals surface area contributed by atoms with Crippen LogP contribution in [0.5, 0.6) is 11.6 Å². The van der Waals surface area contributed by atoms with Gasteiger partial charge in [0, 0.05) is 19.4 Å². The zero-order valence-electron chi connectivity index (χ0n) is 11.6. The molecule has 21 heavy (non-hydrogen) atoms. The van der Waals surface area contributed by atoms with Crippen molar-refractivity contribution in [2.75, 3.05) is 19.1 Å². The first-order chi connectivity index (χ1) is 9.88. The van der Waals surface area contributed by atoms with E-state index in [1.165, 1.54) is 25.3 Å². The molecule has 0 spiro atoms. The van der Waals surface area contributed by atoms with Crippen LogP contribution in [-0.4, -0.2) is 31.8 Å². The molecular weight excluding hydrogens is 294 g/mol. The van der Waals surface area contributed by atoms with Gasteiger partial charge in [-0.1, -0.05) is 0 Å². The van der Waals surface area contributed by atoms with Crippen LogP contribution in [0.2, 0.25) is 0 Å². The van der Waals surface area contributed by atoms with Crippen LogP contribution in [-0.2, 0) is 21.2 Å². The second kappa shape index (κ2) is 6.06. The van der Waals surface area contributed by atoms with E-state index >= 15 is 0 Å². The maximum Gasteiger partial charge on any atom is 0.224 e. The topological polar surface area (TPSA) is 104 Å². The van der Waals surface area contributed by atoms with Gasteiger partial charge in [0.25, 0.3) is 0 Å². The van der Waals surface area contributed by atoms with Gasteiger partial charge in [-0.25, -0.2) is 13.4 Å². The van der Waals surface area contributed by atoms with E-state index in [2.05, 4.69) is 9.97 Å². The van der Waals surface area contributed by atoms with E-state index in [1.807, 2.05) is 0 Å². The number of hydrogen-bond acceptors (Lipinski definition) is 7. The van der Waals surface area contributed by atoms with Crippen molar-refractivity contribution >= 4 is 15.7 Å². The fraction of sp³-hybridized carbons (Fsp3) is 0.231. The highest BCUT2D eigenvalue weighted by atomic mass is 32.2. The minimum Gasteiger partial charge on any atom is -0.439 e. The van der Waals surface area contributed by atoms with Crippen molar-refractivity contribution in [1.82, 2.24) is 9.97 Å². The van der Waals surface area contributed by atoms with E-state index in [4.69, 9.17) is 15.2 Å². The van der Waals surface area contributed by atoms with E-state index in [9.17, 15) is 8.42 Å². The summed E-state index contributed by atoms with van der Waals surface area (Å²) < 4.78 is 33.2. The summed E-state index contributed by atoms with van der Waals surface area (Å²) in [5.74, 6) is 1.38. The van der Waals surface area contributed by atoms with Crippen molar-refractivity contribution in [2.24, 2.45) is 0 Å². The van der Waals surface area contributed by atoms with Gasteiger partial charge in [-0.2, -0.15) is 4.98 Å². The van der Waals surface area contributed by atoms with Crippen LogP contribution in [0, 0.1) is 0 Å². The number of nitrogens with two attached hydrogens (primary N) is 1. The first-order valence-corrected chi connectivity index (χ1v) is 7.88. The highest BCUT2D eigenvalue weighted by molar-refractivity contribution is 7.90. The predicted molar refractivity (Wildman–Crippen MR) is 76.8 cm³/mol. The third-order valence-corrected chi connectivity index (χ3v) is 3.64. The van der Waals surface area contributed by atoms with E-state index in [1.54, 1.807) is 12.1 Å². The summed E-state index contributed by atoms with van der Waals surface area (Å²) in [6.07, 6.45) is 1.14. The molecule has 0 saturated heterocycles. The fourth-order valence-corrected chi connectivity index (χ4v) is 2.24. The molecule has 0 amide bonds. The number of nitrogen functional groups attached to an aromatic ring is 1. The molecule has 0 aliphatic carbocycles. The standard InChI is InChI=1S/C13H15N3O4S/c1-19-8-12-15-11(14)7-13(16-12)20-9-3-5-10(6-4-9)21(2,17)18/h3-7H,8H2,1-2H3,(H2,14,15,16). The van der Waals surface area contributed by atoms with Crippen LogP contribution in [0.3, 0.4) is 0 Å². The van der Waals surface area contributed by atoms with Crippen LogP contribution in [0.15, 0.2) is 35.2 Å². The normalized spacial score (nSPS) is 11.3. The smallest absolute Gasteiger partial charge is 0.224 e. The van der Waals surface area contributed by atoms with Gasteiger partial charge in [0.05, 0.1) is 4.90 Å². The number of sulfone groups is 1. The molecule has 7 nitrogen and oxygen atoms in total. The Morgan fingerprint density at radius 1 is 1.19 bits per heavy atom. The summed E-state index contributed by atoms with van der Waals surface area (Å²) in [6, 6.07) is 7.50. The predicted octanol–water partition coefficient (Wildman–Crippen LogP) is 1.40. The van der Waals surface area contributed by atoms with E-state index in [-0.39, 0.29) is 23.2 Å². The minimum absolute atomic E-state index is 0.217. The average molecular weight is 309 g/mol. The summed E-state index contributed by atoms with van der Waals surface area (Å²) in [4.78, 5) is 8.35. The number of aromatic nitrogens is 2. The van der Waals surface area contributed by atoms with Gasteiger partial charge in [0.2, 0.25) is 5.88 Å². The molecule has 0 radical (unpaired) electrons. The third kappa shape index (κ3) is 4.14. The second-order valence-electron chi connectivity index (χ2n) is 4.33. The molecule has 0 saturated carbocycles. The lowest BCUT2D eigenvalue weighted by atomic mass is 10.3. The molecule has 0 aliphatic heterocycles. The zero-order chi connectivity index (χ0) is 15.5. The molecule has 0 atom stereocenters. The molecule has 8 heteroatoms. The molecule has 112 valence electrons. The lowest BCUT2D eigenvalue weighted by Crippen LogP contribution is -2.02. The summed E-state index contributed by atoms with van der Waals surface area (Å²) in [7, 11) is -1.71. The number of nitrogens with zero attached hydrogens (tertiary/aromatic N) is 2. The number of benzene rings is 1. The van der Waals surface area contributed by atoms with Gasteiger partial charge in [-0.05, 0) is 24.3 Å². The zero-order valence-corrected chi connectivity index (χ0v) is 12.4. The van der Waals surface area contributed by atoms with Gasteiger partial charge in [0.15, 0.2) is 15.7 Å². The molecule has 2 aromatic rings. The number of anilines is 1. The average Bonchev–Trinajstić information content (AvgIpc) is 2.38. The van der Waals surface area contributed by atoms with Crippen LogP contribution < -0.4 is 10.5 Å². The number of rotatable bonds is 5. The molecular formula is C13H15N3O4S. The van der Waals surface area contributed by atoms with Gasteiger partial charge in [-0.15, -0.1) is 0 Å². The second-order valence-corrected chi connectivity index (χ2v) is 6.34. The van der Waals surface area contributed by atoms with Gasteiger partial charge in [-0.3, -0.25) is 0 Å². The van der Waals surface area contributed by atoms with Crippen molar-refractivity contribution in [3.8, 4) is 11.6 Å². The number of methoxy groups -OCH3 is 1. The van der Waals surface area contributed by atoms with E-state index in [0.29, 0.717) is 11.6 Å². The Morgan fingerprint density at radius 3 is 2.43 bits per heavy atom. The van der Waals surface area contributed by atoms with Gasteiger partial charge in [0.1, 0.15) is 18.2 Å². The van der Waals surface area contributed by atoms with Gasteiger partial charge < -0.3 is 15.2 Å². The Labute approximate surface area is 122 Å². The van der Waals surface area contributed by atoms with Crippen LogP contribution in [0.25, 0.3) is 0 Å². The largest absolute Gasteiger partial charge is 0.439 e. The Balaban J connectivity index is 2.22. The molecule has 2 N–H and O–H groups in total. The summed E-state index contributed by atoms with van der Waals surface area (Å²) in [6.45, 7) is 0.217. The summed E-state index contributed by atoms with van der Waals surface area (Å²) >= 11 is 0. The maximum absolute atomic E-state index is 11.4. The minimum atomic E-state index is -3.23. The Bertz CT molecular complexity index is 730. The van der Waals surface area contributed by atoms with E-state index < -0.39 is 9.84 Å². The molecule has 1 heterocycles. The molecule has 0 bridgehead atoms. The first kappa shape index (κ1) is 15.2. The SMILES string of the molecule is COCc1nc(N)cc(Oc2ccc(S(C)(=O)=O)cc2)n1. The maximum atomic E-state index is 11.4. The molecule has 2 rings (SSSR count). The fourth-order valence-electron chi connectivity index (χ4n) is 1.61. The van der Waals surface area contributed by atoms with Crippen molar-refractivity contribution in [3.05, 3.63) is 36.2 Å². The van der Waals surface area contributed by atoms with E-state index in [0.717, 1.165) is 6.26 Å². The monoisotopic (exact) mass is 309 g/mol. The first-order valence-electron chi connectivity index (χ1n) is 5.99. The van der Waals surface area contributed by atoms with Gasteiger partial charge >= 0.3 is 0 Å². The van der Waals surface area contributed by atoms with Crippen molar-refractivity contribution in [2.45, 2.75) is 11.5 Å².